The topological polar surface area (TPSA) is 136 Å². The van der Waals surface area contributed by atoms with Crippen molar-refractivity contribution < 1.29 is 33.4 Å². The van der Waals surface area contributed by atoms with Crippen LogP contribution in [0.15, 0.2) is 53.6 Å². The van der Waals surface area contributed by atoms with Gasteiger partial charge in [0.1, 0.15) is 11.1 Å². The molecule has 1 aromatic heterocycles. The SMILES string of the molecule is COc1ccc(C(=O)COC(=O)c2ccc(N3C(=O)CC(Sc4nc5c(cc4C#N)CCCCCC5)C3=O)cc2)cc1OC. The highest BCUT2D eigenvalue weighted by Gasteiger charge is 2.41. The van der Waals surface area contributed by atoms with Crippen LogP contribution in [0.5, 0.6) is 11.5 Å². The smallest absolute Gasteiger partial charge is 0.338 e. The monoisotopic (exact) mass is 613 g/mol. The molecule has 10 nitrogen and oxygen atoms in total. The molecule has 2 heterocycles. The summed E-state index contributed by atoms with van der Waals surface area (Å²) in [7, 11) is 2.94. The van der Waals surface area contributed by atoms with Crippen molar-refractivity contribution in [3.05, 3.63) is 76.5 Å². The minimum Gasteiger partial charge on any atom is -0.493 e. The van der Waals surface area contributed by atoms with Crippen molar-refractivity contribution in [1.29, 1.82) is 5.26 Å². The standard InChI is InChI=1S/C33H31N3O7S/c1-41-27-14-11-22(16-28(27)42-2)26(37)19-43-33(40)20-9-12-24(13-10-20)36-30(38)17-29(32(36)39)44-31-23(18-34)15-21-7-5-3-4-6-8-25(21)35-31/h9-16,29H,3-8,17,19H2,1-2H3. The predicted octanol–water partition coefficient (Wildman–Crippen LogP) is 5.09. The molecule has 0 spiro atoms. The molecule has 0 saturated carbocycles. The van der Waals surface area contributed by atoms with Crippen LogP contribution in [0.4, 0.5) is 5.69 Å². The van der Waals surface area contributed by atoms with Crippen LogP contribution in [0.3, 0.4) is 0 Å². The number of Topliss-reactive ketones (excluding diaryl/α,β-unsaturated/α-hetero) is 1. The summed E-state index contributed by atoms with van der Waals surface area (Å²) in [5.74, 6) is -1.10. The van der Waals surface area contributed by atoms with Gasteiger partial charge < -0.3 is 14.2 Å². The van der Waals surface area contributed by atoms with Gasteiger partial charge in [0.25, 0.3) is 0 Å². The van der Waals surface area contributed by atoms with Crippen LogP contribution in [0, 0.1) is 11.3 Å². The Morgan fingerprint density at radius 1 is 0.955 bits per heavy atom. The van der Waals surface area contributed by atoms with Crippen molar-refractivity contribution in [2.24, 2.45) is 0 Å². The summed E-state index contributed by atoms with van der Waals surface area (Å²) >= 11 is 1.15. The maximum atomic E-state index is 13.4. The van der Waals surface area contributed by atoms with Crippen molar-refractivity contribution in [3.8, 4) is 17.6 Å². The summed E-state index contributed by atoms with van der Waals surface area (Å²) in [6, 6.07) is 14.6. The number of benzene rings is 2. The summed E-state index contributed by atoms with van der Waals surface area (Å²) in [4.78, 5) is 57.3. The molecule has 3 aromatic rings. The molecule has 1 saturated heterocycles. The molecule has 0 bridgehead atoms. The molecule has 2 aliphatic rings. The lowest BCUT2D eigenvalue weighted by Crippen LogP contribution is -2.31. The molecule has 1 aliphatic carbocycles. The fourth-order valence-corrected chi connectivity index (χ4v) is 6.39. The van der Waals surface area contributed by atoms with Gasteiger partial charge in [-0.15, -0.1) is 0 Å². The Morgan fingerprint density at radius 2 is 1.66 bits per heavy atom. The van der Waals surface area contributed by atoms with E-state index in [1.165, 1.54) is 44.6 Å². The maximum Gasteiger partial charge on any atom is 0.338 e. The number of nitriles is 1. The number of carbonyl (C=O) groups excluding carboxylic acids is 4. The fraction of sp³-hybridized carbons (Fsp3) is 0.333. The zero-order valence-electron chi connectivity index (χ0n) is 24.5. The predicted molar refractivity (Wildman–Crippen MR) is 162 cm³/mol. The highest BCUT2D eigenvalue weighted by Crippen LogP contribution is 2.36. The summed E-state index contributed by atoms with van der Waals surface area (Å²) in [6.45, 7) is -0.487. The Kier molecular flexibility index (Phi) is 9.60. The van der Waals surface area contributed by atoms with Crippen molar-refractivity contribution in [2.75, 3.05) is 25.7 Å². The van der Waals surface area contributed by atoms with E-state index in [0.29, 0.717) is 33.3 Å². The maximum absolute atomic E-state index is 13.4. The molecule has 1 atom stereocenters. The number of hydrogen-bond donors (Lipinski definition) is 0. The summed E-state index contributed by atoms with van der Waals surface area (Å²) in [5.41, 5.74) is 3.23. The molecule has 1 aliphatic heterocycles. The quantitative estimate of drug-likeness (QED) is 0.182. The lowest BCUT2D eigenvalue weighted by molar-refractivity contribution is -0.121. The second-order valence-corrected chi connectivity index (χ2v) is 11.7. The average Bonchev–Trinajstić information content (AvgIpc) is 3.31. The van der Waals surface area contributed by atoms with Gasteiger partial charge in [-0.25, -0.2) is 14.7 Å². The first kappa shape index (κ1) is 30.8. The van der Waals surface area contributed by atoms with Gasteiger partial charge in [-0.2, -0.15) is 5.26 Å². The van der Waals surface area contributed by atoms with Gasteiger partial charge in [0.2, 0.25) is 11.8 Å². The minimum atomic E-state index is -0.730. The second-order valence-electron chi connectivity index (χ2n) is 10.5. The van der Waals surface area contributed by atoms with Crippen molar-refractivity contribution in [3.63, 3.8) is 0 Å². The first-order valence-corrected chi connectivity index (χ1v) is 15.2. The van der Waals surface area contributed by atoms with Crippen LogP contribution in [0.2, 0.25) is 0 Å². The van der Waals surface area contributed by atoms with Crippen molar-refractivity contribution in [1.82, 2.24) is 4.98 Å². The molecule has 0 radical (unpaired) electrons. The molecular formula is C33H31N3O7S. The Hall–Kier alpha value is -4.69. The number of imide groups is 1. The van der Waals surface area contributed by atoms with E-state index in [0.717, 1.165) is 66.4 Å². The van der Waals surface area contributed by atoms with Crippen molar-refractivity contribution >= 4 is 41.0 Å². The number of rotatable bonds is 9. The zero-order valence-corrected chi connectivity index (χ0v) is 25.3. The van der Waals surface area contributed by atoms with E-state index in [1.807, 2.05) is 6.07 Å². The van der Waals surface area contributed by atoms with Crippen LogP contribution in [0.1, 0.15) is 69.6 Å². The number of ether oxygens (including phenoxy) is 3. The number of esters is 1. The number of fused-ring (bicyclic) bond motifs is 1. The summed E-state index contributed by atoms with van der Waals surface area (Å²) < 4.78 is 15.6. The van der Waals surface area contributed by atoms with Crippen LogP contribution < -0.4 is 14.4 Å². The largest absolute Gasteiger partial charge is 0.493 e. The third kappa shape index (κ3) is 6.60. The molecule has 2 aromatic carbocycles. The zero-order chi connectivity index (χ0) is 31.2. The van der Waals surface area contributed by atoms with E-state index in [-0.39, 0.29) is 17.9 Å². The molecule has 1 unspecified atom stereocenters. The normalized spacial score (nSPS) is 16.4. The van der Waals surface area contributed by atoms with Gasteiger partial charge in [0, 0.05) is 17.7 Å². The highest BCUT2D eigenvalue weighted by molar-refractivity contribution is 8.00. The molecular weight excluding hydrogens is 582 g/mol. The van der Waals surface area contributed by atoms with E-state index in [2.05, 4.69) is 6.07 Å². The molecule has 5 rings (SSSR count). The number of nitrogens with zero attached hydrogens (tertiary/aromatic N) is 3. The fourth-order valence-electron chi connectivity index (χ4n) is 5.29. The third-order valence-electron chi connectivity index (χ3n) is 7.65. The van der Waals surface area contributed by atoms with Gasteiger partial charge in [-0.3, -0.25) is 14.4 Å². The number of aryl methyl sites for hydroxylation is 2. The summed E-state index contributed by atoms with van der Waals surface area (Å²) in [5, 5.41) is 9.53. The van der Waals surface area contributed by atoms with Crippen LogP contribution in [-0.4, -0.2) is 54.6 Å². The Bertz CT molecular complexity index is 1650. The first-order valence-electron chi connectivity index (χ1n) is 14.3. The van der Waals surface area contributed by atoms with Gasteiger partial charge in [0.05, 0.1) is 36.3 Å². The van der Waals surface area contributed by atoms with E-state index in [1.54, 1.807) is 12.1 Å². The molecule has 2 amide bonds. The number of anilines is 1. The number of aromatic nitrogens is 1. The lowest BCUT2D eigenvalue weighted by atomic mass is 9.96. The average molecular weight is 614 g/mol. The van der Waals surface area contributed by atoms with Gasteiger partial charge >= 0.3 is 5.97 Å². The van der Waals surface area contributed by atoms with E-state index in [9.17, 15) is 24.4 Å². The van der Waals surface area contributed by atoms with E-state index >= 15 is 0 Å². The Balaban J connectivity index is 1.23. The lowest BCUT2D eigenvalue weighted by Gasteiger charge is -2.17. The third-order valence-corrected chi connectivity index (χ3v) is 8.83. The Morgan fingerprint density at radius 3 is 2.36 bits per heavy atom. The number of thioether (sulfide) groups is 1. The van der Waals surface area contributed by atoms with Crippen LogP contribution in [-0.2, 0) is 27.2 Å². The Labute approximate surface area is 259 Å². The highest BCUT2D eigenvalue weighted by atomic mass is 32.2. The molecule has 44 heavy (non-hydrogen) atoms. The van der Waals surface area contributed by atoms with Gasteiger partial charge in [-0.1, -0.05) is 24.6 Å². The summed E-state index contributed by atoms with van der Waals surface area (Å²) in [6.07, 6.45) is 6.07. The van der Waals surface area contributed by atoms with Gasteiger partial charge in [0.15, 0.2) is 23.9 Å². The van der Waals surface area contributed by atoms with E-state index < -0.39 is 29.5 Å². The number of carbonyl (C=O) groups is 4. The number of amides is 2. The number of hydrogen-bond acceptors (Lipinski definition) is 10. The van der Waals surface area contributed by atoms with Crippen LogP contribution in [0.25, 0.3) is 0 Å². The minimum absolute atomic E-state index is 0.0326. The first-order chi connectivity index (χ1) is 21.3. The van der Waals surface area contributed by atoms with Crippen LogP contribution >= 0.6 is 11.8 Å². The number of ketones is 1. The number of methoxy groups -OCH3 is 2. The molecule has 226 valence electrons. The molecule has 1 fully saturated rings. The van der Waals surface area contributed by atoms with Gasteiger partial charge in [-0.05, 0) is 79.8 Å². The van der Waals surface area contributed by atoms with E-state index in [4.69, 9.17) is 19.2 Å². The second kappa shape index (κ2) is 13.7. The molecule has 0 N–H and O–H groups in total. The number of pyridine rings is 1. The van der Waals surface area contributed by atoms with Crippen molar-refractivity contribution in [2.45, 2.75) is 55.2 Å². The molecule has 11 heteroatoms.